The third-order valence-electron chi connectivity index (χ3n) is 12.9. The average Bonchev–Trinajstić information content (AvgIpc) is 3.62. The van der Waals surface area contributed by atoms with E-state index in [1.807, 2.05) is 0 Å². The van der Waals surface area contributed by atoms with Crippen molar-refractivity contribution in [2.75, 3.05) is 9.80 Å². The Hall–Kier alpha value is -7.10. The number of hydrogen-bond donors (Lipinski definition) is 0. The number of nitrogens with zero attached hydrogens (tertiary/aromatic N) is 2. The van der Waals surface area contributed by atoms with E-state index in [1.165, 1.54) is 94.5 Å². The Kier molecular flexibility index (Phi) is 4.73. The highest BCUT2D eigenvalue weighted by Gasteiger charge is 2.54. The van der Waals surface area contributed by atoms with Crippen LogP contribution < -0.4 is 9.80 Å². The second-order valence-corrected chi connectivity index (χ2v) is 15.1. The van der Waals surface area contributed by atoms with E-state index in [4.69, 9.17) is 4.42 Å². The van der Waals surface area contributed by atoms with Crippen molar-refractivity contribution in [2.45, 2.75) is 5.41 Å². The van der Waals surface area contributed by atoms with Crippen molar-refractivity contribution < 1.29 is 4.42 Å². The Bertz CT molecular complexity index is 3210. The van der Waals surface area contributed by atoms with Crippen LogP contribution in [0, 0.1) is 0 Å². The van der Waals surface area contributed by atoms with Crippen molar-refractivity contribution in [1.82, 2.24) is 0 Å². The van der Waals surface area contributed by atoms with Crippen LogP contribution in [0.25, 0.3) is 65.7 Å². The number of rotatable bonds is 1. The molecule has 0 bridgehead atoms. The minimum absolute atomic E-state index is 0.608. The molecule has 0 unspecified atom stereocenters. The van der Waals surface area contributed by atoms with Crippen molar-refractivity contribution in [3.8, 4) is 22.3 Å². The maximum atomic E-state index is 6.47. The molecule has 4 aliphatic heterocycles. The second kappa shape index (κ2) is 9.27. The van der Waals surface area contributed by atoms with Crippen LogP contribution in [0.4, 0.5) is 34.1 Å². The van der Waals surface area contributed by atoms with E-state index in [-0.39, 0.29) is 0 Å². The summed E-state index contributed by atoms with van der Waals surface area (Å²) in [7, 11) is 0. The maximum Gasteiger partial charge on any atom is 0.137 e. The predicted octanol–water partition coefficient (Wildman–Crippen LogP) is 13.8. The van der Waals surface area contributed by atoms with Gasteiger partial charge in [0.1, 0.15) is 11.2 Å². The zero-order valence-electron chi connectivity index (χ0n) is 29.0. The Morgan fingerprint density at radius 3 is 1.52 bits per heavy atom. The fraction of sp³-hybridized carbons (Fsp3) is 0.0196. The largest absolute Gasteiger partial charge is 0.456 e. The second-order valence-electron chi connectivity index (χ2n) is 15.1. The first kappa shape index (κ1) is 27.5. The van der Waals surface area contributed by atoms with Gasteiger partial charge in [-0.05, 0) is 74.5 Å². The van der Waals surface area contributed by atoms with Gasteiger partial charge < -0.3 is 14.2 Å². The molecule has 0 atom stereocenters. The zero-order valence-corrected chi connectivity index (χ0v) is 29.0. The molecular formula is C51H28N2O. The number of benzene rings is 9. The number of furan rings is 1. The summed E-state index contributed by atoms with van der Waals surface area (Å²) in [4.78, 5) is 5.15. The number of fused-ring (bicyclic) bond motifs is 11. The topological polar surface area (TPSA) is 19.6 Å². The van der Waals surface area contributed by atoms with E-state index < -0.39 is 5.41 Å². The van der Waals surface area contributed by atoms with Gasteiger partial charge in [-0.2, -0.15) is 0 Å². The first-order chi connectivity index (χ1) is 26.8. The van der Waals surface area contributed by atoms with E-state index in [2.05, 4.69) is 180 Å². The molecule has 4 aliphatic rings. The van der Waals surface area contributed by atoms with Crippen LogP contribution in [-0.2, 0) is 5.41 Å². The van der Waals surface area contributed by atoms with Gasteiger partial charge in [-0.25, -0.2) is 0 Å². The molecule has 0 radical (unpaired) electrons. The van der Waals surface area contributed by atoms with E-state index in [0.717, 1.165) is 27.6 Å². The molecule has 0 saturated heterocycles. The zero-order chi connectivity index (χ0) is 34.9. The molecule has 1 aromatic heterocycles. The van der Waals surface area contributed by atoms with Gasteiger partial charge in [0, 0.05) is 27.3 Å². The van der Waals surface area contributed by atoms with Crippen LogP contribution in [0.5, 0.6) is 0 Å². The molecule has 1 spiro atoms. The van der Waals surface area contributed by atoms with Crippen LogP contribution in [-0.4, -0.2) is 0 Å². The standard InChI is InChI=1S/C51H28N2O/c1-6-23-43-35(13-1)47-42(22-10-24-44(47)54-43)52-40-20-4-2-18-36(40)51(37-19-3-5-21-41(37)52)38-27-25-29-11-7-14-31-33-16-9-17-34-32-15-8-12-30-26-28-39(51)50(46(30)32)53(48(33)34)49(38)45(29)31/h1-28H. The van der Waals surface area contributed by atoms with Crippen LogP contribution in [0.3, 0.4) is 0 Å². The molecule has 10 aromatic rings. The van der Waals surface area contributed by atoms with Crippen molar-refractivity contribution in [3.63, 3.8) is 0 Å². The van der Waals surface area contributed by atoms with Crippen LogP contribution in [0.15, 0.2) is 174 Å². The smallest absolute Gasteiger partial charge is 0.137 e. The first-order valence-corrected chi connectivity index (χ1v) is 18.8. The average molecular weight is 685 g/mol. The lowest BCUT2D eigenvalue weighted by atomic mass is 9.58. The molecule has 0 saturated carbocycles. The minimum Gasteiger partial charge on any atom is -0.456 e. The lowest BCUT2D eigenvalue weighted by Crippen LogP contribution is -2.43. The highest BCUT2D eigenvalue weighted by atomic mass is 16.3. The van der Waals surface area contributed by atoms with Crippen molar-refractivity contribution in [1.29, 1.82) is 0 Å². The lowest BCUT2D eigenvalue weighted by molar-refractivity contribution is 0.669. The third kappa shape index (κ3) is 2.93. The summed E-state index contributed by atoms with van der Waals surface area (Å²) >= 11 is 0. The molecule has 0 amide bonds. The predicted molar refractivity (Wildman–Crippen MR) is 222 cm³/mol. The van der Waals surface area contributed by atoms with Crippen molar-refractivity contribution in [2.24, 2.45) is 0 Å². The van der Waals surface area contributed by atoms with Gasteiger partial charge in [-0.1, -0.05) is 140 Å². The summed E-state index contributed by atoms with van der Waals surface area (Å²) < 4.78 is 6.47. The quantitative estimate of drug-likeness (QED) is 0.172. The van der Waals surface area contributed by atoms with Crippen molar-refractivity contribution in [3.05, 3.63) is 192 Å². The molecule has 14 rings (SSSR count). The van der Waals surface area contributed by atoms with E-state index >= 15 is 0 Å². The number of anilines is 6. The Labute approximate surface area is 310 Å². The molecular weight excluding hydrogens is 657 g/mol. The molecule has 3 nitrogen and oxygen atoms in total. The van der Waals surface area contributed by atoms with Gasteiger partial charge in [0.25, 0.3) is 0 Å². The minimum atomic E-state index is -0.608. The maximum absolute atomic E-state index is 6.47. The van der Waals surface area contributed by atoms with E-state index in [1.54, 1.807) is 0 Å². The van der Waals surface area contributed by atoms with Gasteiger partial charge in [-0.15, -0.1) is 0 Å². The highest BCUT2D eigenvalue weighted by molar-refractivity contribution is 6.26. The van der Waals surface area contributed by atoms with E-state index in [9.17, 15) is 0 Å². The lowest BCUT2D eigenvalue weighted by Gasteiger charge is -2.53. The summed E-state index contributed by atoms with van der Waals surface area (Å²) in [6.45, 7) is 0. The van der Waals surface area contributed by atoms with Gasteiger partial charge in [0.15, 0.2) is 0 Å². The van der Waals surface area contributed by atoms with Crippen LogP contribution >= 0.6 is 0 Å². The van der Waals surface area contributed by atoms with Crippen molar-refractivity contribution >= 4 is 77.6 Å². The molecule has 3 heteroatoms. The fourth-order valence-corrected chi connectivity index (χ4v) is 11.0. The molecule has 0 aliphatic carbocycles. The fourth-order valence-electron chi connectivity index (χ4n) is 11.0. The summed E-state index contributed by atoms with van der Waals surface area (Å²) in [5.41, 5.74) is 19.0. The Morgan fingerprint density at radius 2 is 0.852 bits per heavy atom. The summed E-state index contributed by atoms with van der Waals surface area (Å²) in [5, 5.41) is 7.44. The Morgan fingerprint density at radius 1 is 0.333 bits per heavy atom. The molecule has 0 N–H and O–H groups in total. The molecule has 248 valence electrons. The summed E-state index contributed by atoms with van der Waals surface area (Å²) in [6, 6.07) is 63.4. The summed E-state index contributed by atoms with van der Waals surface area (Å²) in [6.07, 6.45) is 0. The van der Waals surface area contributed by atoms with Gasteiger partial charge in [0.05, 0.1) is 44.9 Å². The first-order valence-electron chi connectivity index (χ1n) is 18.8. The summed E-state index contributed by atoms with van der Waals surface area (Å²) in [5.74, 6) is 0. The van der Waals surface area contributed by atoms with Gasteiger partial charge in [-0.3, -0.25) is 0 Å². The normalized spacial score (nSPS) is 14.7. The monoisotopic (exact) mass is 684 g/mol. The highest BCUT2D eigenvalue weighted by Crippen LogP contribution is 2.70. The molecule has 54 heavy (non-hydrogen) atoms. The molecule has 0 fully saturated rings. The SMILES string of the molecule is c1cc2c3c(c1)-c1cccc4ccc5c(c14)N3c1c(ccc3cccc-2c13)C51c2ccccc2N(c2cccc3oc4ccccc4c23)c2ccccc21. The number of para-hydroxylation sites is 4. The van der Waals surface area contributed by atoms with Crippen LogP contribution in [0.1, 0.15) is 22.3 Å². The van der Waals surface area contributed by atoms with E-state index in [0.29, 0.717) is 0 Å². The number of hydrogen-bond acceptors (Lipinski definition) is 3. The third-order valence-corrected chi connectivity index (χ3v) is 12.9. The van der Waals surface area contributed by atoms with Gasteiger partial charge >= 0.3 is 0 Å². The Balaban J connectivity index is 1.20. The van der Waals surface area contributed by atoms with Crippen LogP contribution in [0.2, 0.25) is 0 Å². The molecule has 9 aromatic carbocycles. The van der Waals surface area contributed by atoms with Gasteiger partial charge in [0.2, 0.25) is 0 Å². The molecule has 5 heterocycles.